The van der Waals surface area contributed by atoms with Crippen LogP contribution in [-0.2, 0) is 0 Å². The first-order chi connectivity index (χ1) is 9.02. The number of hydrogen-bond acceptors (Lipinski definition) is 3. The predicted molar refractivity (Wildman–Crippen MR) is 83.2 cm³/mol. The third-order valence-electron chi connectivity index (χ3n) is 3.74. The predicted octanol–water partition coefficient (Wildman–Crippen LogP) is 3.56. The van der Waals surface area contributed by atoms with Crippen LogP contribution in [0.2, 0.25) is 0 Å². The van der Waals surface area contributed by atoms with Gasteiger partial charge >= 0.3 is 0 Å². The van der Waals surface area contributed by atoms with Gasteiger partial charge < -0.3 is 4.90 Å². The largest absolute Gasteiger partial charge is 0.301 e. The number of nitriles is 1. The molecule has 0 aromatic heterocycles. The molecule has 2 unspecified atom stereocenters. The second-order valence-corrected chi connectivity index (χ2v) is 5.77. The molecule has 0 aliphatic carbocycles. The zero-order valence-corrected chi connectivity index (χ0v) is 13.6. The van der Waals surface area contributed by atoms with Crippen LogP contribution in [-0.4, -0.2) is 36.1 Å². The summed E-state index contributed by atoms with van der Waals surface area (Å²) in [5.74, 6) is 0. The highest BCUT2D eigenvalue weighted by molar-refractivity contribution is 5.05. The Hall–Kier alpha value is -0.590. The highest BCUT2D eigenvalue weighted by Gasteiger charge is 2.27. The Balaban J connectivity index is 4.50. The second kappa shape index (κ2) is 10.2. The lowest BCUT2D eigenvalue weighted by Crippen LogP contribution is -2.47. The third-order valence-corrected chi connectivity index (χ3v) is 3.74. The van der Waals surface area contributed by atoms with E-state index in [9.17, 15) is 5.26 Å². The zero-order chi connectivity index (χ0) is 14.7. The van der Waals surface area contributed by atoms with Crippen molar-refractivity contribution in [1.82, 2.24) is 10.2 Å². The van der Waals surface area contributed by atoms with Crippen molar-refractivity contribution in [3.8, 4) is 6.07 Å². The minimum absolute atomic E-state index is 0.398. The third kappa shape index (κ3) is 7.54. The molecule has 1 N–H and O–H groups in total. The average molecular weight is 267 g/mol. The van der Waals surface area contributed by atoms with Gasteiger partial charge in [-0.05, 0) is 52.7 Å². The van der Waals surface area contributed by atoms with Gasteiger partial charge in [0.05, 0.1) is 6.07 Å². The van der Waals surface area contributed by atoms with Crippen LogP contribution in [0, 0.1) is 11.3 Å². The molecule has 19 heavy (non-hydrogen) atoms. The van der Waals surface area contributed by atoms with Crippen molar-refractivity contribution in [2.45, 2.75) is 78.3 Å². The SMILES string of the molecule is CCCCN(CCCC)C(C)CC(C)(C#N)NCC. The number of rotatable bonds is 11. The molecule has 3 heteroatoms. The van der Waals surface area contributed by atoms with Crippen LogP contribution < -0.4 is 5.32 Å². The van der Waals surface area contributed by atoms with E-state index in [1.165, 1.54) is 25.7 Å². The van der Waals surface area contributed by atoms with E-state index in [-0.39, 0.29) is 0 Å². The van der Waals surface area contributed by atoms with E-state index < -0.39 is 5.54 Å². The summed E-state index contributed by atoms with van der Waals surface area (Å²) in [6.45, 7) is 14.0. The van der Waals surface area contributed by atoms with Crippen LogP contribution in [0.25, 0.3) is 0 Å². The van der Waals surface area contributed by atoms with Crippen molar-refractivity contribution in [2.75, 3.05) is 19.6 Å². The van der Waals surface area contributed by atoms with Crippen molar-refractivity contribution in [3.05, 3.63) is 0 Å². The molecule has 0 saturated heterocycles. The molecule has 2 atom stereocenters. The van der Waals surface area contributed by atoms with Gasteiger partial charge in [0, 0.05) is 6.04 Å². The Labute approximate surface area is 120 Å². The van der Waals surface area contributed by atoms with Gasteiger partial charge in [0.15, 0.2) is 0 Å². The summed E-state index contributed by atoms with van der Waals surface area (Å²) in [4.78, 5) is 2.56. The van der Waals surface area contributed by atoms with E-state index in [0.29, 0.717) is 6.04 Å². The molecular weight excluding hydrogens is 234 g/mol. The first-order valence-corrected chi connectivity index (χ1v) is 7.93. The molecule has 112 valence electrons. The van der Waals surface area contributed by atoms with Crippen LogP contribution >= 0.6 is 0 Å². The normalized spacial score (nSPS) is 16.1. The van der Waals surface area contributed by atoms with Gasteiger partial charge in [0.1, 0.15) is 5.54 Å². The van der Waals surface area contributed by atoms with Gasteiger partial charge in [-0.15, -0.1) is 0 Å². The summed E-state index contributed by atoms with van der Waals surface area (Å²) in [6, 6.07) is 2.90. The first kappa shape index (κ1) is 18.4. The summed E-state index contributed by atoms with van der Waals surface area (Å²) >= 11 is 0. The summed E-state index contributed by atoms with van der Waals surface area (Å²) < 4.78 is 0. The van der Waals surface area contributed by atoms with Gasteiger partial charge in [-0.1, -0.05) is 33.6 Å². The molecule has 0 aliphatic heterocycles. The summed E-state index contributed by atoms with van der Waals surface area (Å²) in [7, 11) is 0. The molecular formula is C16H33N3. The number of unbranched alkanes of at least 4 members (excludes halogenated alkanes) is 2. The fourth-order valence-corrected chi connectivity index (χ4v) is 2.54. The molecule has 0 fully saturated rings. The lowest BCUT2D eigenvalue weighted by atomic mass is 9.94. The van der Waals surface area contributed by atoms with Gasteiger partial charge in [0.25, 0.3) is 0 Å². The molecule has 0 heterocycles. The Kier molecular flexibility index (Phi) is 9.91. The molecule has 0 bridgehead atoms. The Morgan fingerprint density at radius 2 is 1.68 bits per heavy atom. The zero-order valence-electron chi connectivity index (χ0n) is 13.6. The molecule has 0 saturated carbocycles. The average Bonchev–Trinajstić information content (AvgIpc) is 2.39. The Bertz CT molecular complexity index is 251. The maximum atomic E-state index is 9.37. The lowest BCUT2D eigenvalue weighted by molar-refractivity contribution is 0.172. The van der Waals surface area contributed by atoms with Crippen molar-refractivity contribution in [3.63, 3.8) is 0 Å². The first-order valence-electron chi connectivity index (χ1n) is 7.93. The summed E-state index contributed by atoms with van der Waals surface area (Å²) in [5.41, 5.74) is -0.398. The van der Waals surface area contributed by atoms with E-state index in [0.717, 1.165) is 26.1 Å². The standard InChI is InChI=1S/C16H33N3/c1-6-9-11-19(12-10-7-2)15(4)13-16(5,14-17)18-8-3/h15,18H,6-13H2,1-5H3. The smallest absolute Gasteiger partial charge is 0.105 e. The van der Waals surface area contributed by atoms with Crippen LogP contribution in [0.3, 0.4) is 0 Å². The minimum atomic E-state index is -0.398. The summed E-state index contributed by atoms with van der Waals surface area (Å²) in [6.07, 6.45) is 5.86. The van der Waals surface area contributed by atoms with Crippen molar-refractivity contribution >= 4 is 0 Å². The minimum Gasteiger partial charge on any atom is -0.301 e. The number of hydrogen-bond donors (Lipinski definition) is 1. The van der Waals surface area contributed by atoms with Crippen molar-refractivity contribution < 1.29 is 0 Å². The molecule has 0 radical (unpaired) electrons. The van der Waals surface area contributed by atoms with E-state index >= 15 is 0 Å². The fraction of sp³-hybridized carbons (Fsp3) is 0.938. The quantitative estimate of drug-likeness (QED) is 0.622. The Morgan fingerprint density at radius 3 is 2.05 bits per heavy atom. The van der Waals surface area contributed by atoms with Crippen LogP contribution in [0.4, 0.5) is 0 Å². The van der Waals surface area contributed by atoms with Crippen LogP contribution in [0.15, 0.2) is 0 Å². The topological polar surface area (TPSA) is 39.1 Å². The molecule has 0 aliphatic rings. The van der Waals surface area contributed by atoms with Gasteiger partial charge in [-0.2, -0.15) is 5.26 Å². The lowest BCUT2D eigenvalue weighted by Gasteiger charge is -2.34. The summed E-state index contributed by atoms with van der Waals surface area (Å²) in [5, 5.41) is 12.7. The van der Waals surface area contributed by atoms with Crippen molar-refractivity contribution in [1.29, 1.82) is 5.26 Å². The van der Waals surface area contributed by atoms with Crippen LogP contribution in [0.5, 0.6) is 0 Å². The van der Waals surface area contributed by atoms with E-state index in [1.807, 2.05) is 6.92 Å². The van der Waals surface area contributed by atoms with Crippen molar-refractivity contribution in [2.24, 2.45) is 0 Å². The second-order valence-electron chi connectivity index (χ2n) is 5.77. The molecule has 0 aromatic rings. The molecule has 0 spiro atoms. The maximum Gasteiger partial charge on any atom is 0.105 e. The highest BCUT2D eigenvalue weighted by Crippen LogP contribution is 2.17. The molecule has 0 rings (SSSR count). The van der Waals surface area contributed by atoms with E-state index in [2.05, 4.69) is 44.0 Å². The van der Waals surface area contributed by atoms with Gasteiger partial charge in [-0.3, -0.25) is 5.32 Å². The molecule has 3 nitrogen and oxygen atoms in total. The molecule has 0 aromatic carbocycles. The van der Waals surface area contributed by atoms with E-state index in [4.69, 9.17) is 0 Å². The van der Waals surface area contributed by atoms with Crippen LogP contribution in [0.1, 0.15) is 66.7 Å². The van der Waals surface area contributed by atoms with Gasteiger partial charge in [0.2, 0.25) is 0 Å². The molecule has 0 amide bonds. The Morgan fingerprint density at radius 1 is 1.16 bits per heavy atom. The highest BCUT2D eigenvalue weighted by atomic mass is 15.2. The number of nitrogens with zero attached hydrogens (tertiary/aromatic N) is 2. The van der Waals surface area contributed by atoms with Gasteiger partial charge in [-0.25, -0.2) is 0 Å². The monoisotopic (exact) mass is 267 g/mol. The number of nitrogens with one attached hydrogen (secondary N) is 1. The van der Waals surface area contributed by atoms with E-state index in [1.54, 1.807) is 0 Å². The maximum absolute atomic E-state index is 9.37. The fourth-order valence-electron chi connectivity index (χ4n) is 2.54.